The van der Waals surface area contributed by atoms with Gasteiger partial charge in [-0.05, 0) is 63.6 Å². The van der Waals surface area contributed by atoms with Gasteiger partial charge in [-0.15, -0.1) is 0 Å². The van der Waals surface area contributed by atoms with E-state index in [9.17, 15) is 9.00 Å². The first-order valence-corrected chi connectivity index (χ1v) is 14.0. The predicted molar refractivity (Wildman–Crippen MR) is 152 cm³/mol. The summed E-state index contributed by atoms with van der Waals surface area (Å²) in [5.74, 6) is 0.0178. The maximum Gasteiger partial charge on any atom is 0.310 e. The minimum absolute atomic E-state index is 0.00466. The zero-order valence-electron chi connectivity index (χ0n) is 23.2. The molecule has 212 valence electrons. The van der Waals surface area contributed by atoms with E-state index in [-0.39, 0.29) is 37.8 Å². The van der Waals surface area contributed by atoms with E-state index >= 15 is 4.39 Å². The van der Waals surface area contributed by atoms with E-state index in [1.54, 1.807) is 49.6 Å². The Morgan fingerprint density at radius 1 is 1.15 bits per heavy atom. The van der Waals surface area contributed by atoms with Crippen LogP contribution in [-0.4, -0.2) is 33.6 Å². The molecule has 4 aromatic rings. The van der Waals surface area contributed by atoms with Crippen LogP contribution in [0.5, 0.6) is 11.5 Å². The number of nitrogens with one attached hydrogen (secondary N) is 1. The molecule has 0 aliphatic carbocycles. The van der Waals surface area contributed by atoms with Crippen molar-refractivity contribution in [3.05, 3.63) is 77.6 Å². The van der Waals surface area contributed by atoms with Crippen LogP contribution in [0.15, 0.2) is 59.3 Å². The highest BCUT2D eigenvalue weighted by atomic mass is 32.2. The lowest BCUT2D eigenvalue weighted by Gasteiger charge is -2.18. The summed E-state index contributed by atoms with van der Waals surface area (Å²) < 4.78 is 53.0. The molecule has 0 radical (unpaired) electrons. The van der Waals surface area contributed by atoms with Crippen molar-refractivity contribution in [3.8, 4) is 22.6 Å². The summed E-state index contributed by atoms with van der Waals surface area (Å²) in [7, 11) is 0.151. The maximum absolute atomic E-state index is 15.7. The van der Waals surface area contributed by atoms with E-state index in [2.05, 4.69) is 9.71 Å². The number of hydrogen-bond donors (Lipinski definition) is 1. The molecule has 0 aliphatic rings. The van der Waals surface area contributed by atoms with Crippen LogP contribution in [0.25, 0.3) is 22.1 Å². The van der Waals surface area contributed by atoms with Gasteiger partial charge in [0.2, 0.25) is 0 Å². The second kappa shape index (κ2) is 12.6. The normalized spacial score (nSPS) is 12.3. The summed E-state index contributed by atoms with van der Waals surface area (Å²) in [6.45, 7) is 7.67. The van der Waals surface area contributed by atoms with E-state index in [0.29, 0.717) is 33.8 Å². The first-order chi connectivity index (χ1) is 19.1. The molecule has 2 heterocycles. The summed E-state index contributed by atoms with van der Waals surface area (Å²) in [5, 5.41) is 0.771. The Balaban J connectivity index is 1.65. The number of benzene rings is 2. The predicted octanol–water partition coefficient (Wildman–Crippen LogP) is 5.88. The number of hydrogen-bond acceptors (Lipinski definition) is 7. The fourth-order valence-electron chi connectivity index (χ4n) is 4.14. The van der Waals surface area contributed by atoms with E-state index in [4.69, 9.17) is 18.6 Å². The monoisotopic (exact) mass is 568 g/mol. The average Bonchev–Trinajstić information content (AvgIpc) is 3.39. The Morgan fingerprint density at radius 2 is 1.95 bits per heavy atom. The lowest BCUT2D eigenvalue weighted by atomic mass is 10.00. The van der Waals surface area contributed by atoms with Crippen molar-refractivity contribution in [2.24, 2.45) is 0 Å². The molecule has 40 heavy (non-hydrogen) atoms. The smallest absolute Gasteiger partial charge is 0.310 e. The number of ether oxygens (including phenoxy) is 3. The third-order valence-electron chi connectivity index (χ3n) is 6.09. The highest BCUT2D eigenvalue weighted by Crippen LogP contribution is 2.36. The Morgan fingerprint density at radius 3 is 2.67 bits per heavy atom. The van der Waals surface area contributed by atoms with Crippen molar-refractivity contribution in [2.45, 2.75) is 52.0 Å². The highest BCUT2D eigenvalue weighted by Gasteiger charge is 2.22. The standard InChI is InChI=1S/C30H33FN2O6S/c1-6-37-26(34)16-20-8-7-9-25(36-5)29(20)39-18-19-14-21-11-13-38-28(21)23(15-19)22-10-12-32-24(27(22)31)17-33-40(35)30(2,3)4/h7-15,33H,6,16-18H2,1-5H3/t40-/m0/s1. The fourth-order valence-corrected chi connectivity index (χ4v) is 4.85. The zero-order valence-corrected chi connectivity index (χ0v) is 24.0. The third-order valence-corrected chi connectivity index (χ3v) is 7.61. The number of methoxy groups -OCH3 is 1. The molecule has 0 spiro atoms. The number of esters is 1. The van der Waals surface area contributed by atoms with Crippen molar-refractivity contribution in [2.75, 3.05) is 13.7 Å². The van der Waals surface area contributed by atoms with Gasteiger partial charge in [-0.2, -0.15) is 0 Å². The number of carbonyl (C=O) groups excluding carboxylic acids is 1. The first-order valence-electron chi connectivity index (χ1n) is 12.9. The molecule has 0 bridgehead atoms. The number of para-hydroxylation sites is 1. The van der Waals surface area contributed by atoms with Crippen LogP contribution in [0.4, 0.5) is 4.39 Å². The number of furan rings is 1. The van der Waals surface area contributed by atoms with Gasteiger partial charge < -0.3 is 18.6 Å². The Bertz CT molecular complexity index is 1530. The number of carbonyl (C=O) groups is 1. The molecule has 0 saturated heterocycles. The number of rotatable bonds is 11. The molecule has 0 fully saturated rings. The van der Waals surface area contributed by atoms with E-state index in [1.807, 2.05) is 26.8 Å². The summed E-state index contributed by atoms with van der Waals surface area (Å²) in [5.41, 5.74) is 2.88. The van der Waals surface area contributed by atoms with Gasteiger partial charge in [0, 0.05) is 28.3 Å². The summed E-state index contributed by atoms with van der Waals surface area (Å²) in [4.78, 5) is 16.3. The maximum atomic E-state index is 15.7. The Kier molecular flexibility index (Phi) is 9.21. The summed E-state index contributed by atoms with van der Waals surface area (Å²) in [6, 6.07) is 12.4. The molecular weight excluding hydrogens is 535 g/mol. The molecule has 1 atom stereocenters. The highest BCUT2D eigenvalue weighted by molar-refractivity contribution is 7.84. The number of nitrogens with zero attached hydrogens (tertiary/aromatic N) is 1. The van der Waals surface area contributed by atoms with Crippen molar-refractivity contribution in [1.82, 2.24) is 9.71 Å². The van der Waals surface area contributed by atoms with Crippen LogP contribution in [0.3, 0.4) is 0 Å². The molecule has 8 nitrogen and oxygen atoms in total. The van der Waals surface area contributed by atoms with Crippen LogP contribution in [-0.2, 0) is 40.1 Å². The second-order valence-corrected chi connectivity index (χ2v) is 12.1. The fraction of sp³-hybridized carbons (Fsp3) is 0.333. The summed E-state index contributed by atoms with van der Waals surface area (Å²) >= 11 is 0. The minimum atomic E-state index is -1.38. The average molecular weight is 569 g/mol. The number of aromatic nitrogens is 1. The molecule has 2 aromatic heterocycles. The quantitative estimate of drug-likeness (QED) is 0.226. The largest absolute Gasteiger partial charge is 0.493 e. The van der Waals surface area contributed by atoms with Crippen LogP contribution in [0.2, 0.25) is 0 Å². The molecule has 10 heteroatoms. The number of halogens is 1. The van der Waals surface area contributed by atoms with Crippen molar-refractivity contribution < 1.29 is 32.0 Å². The van der Waals surface area contributed by atoms with E-state index in [0.717, 1.165) is 10.9 Å². The van der Waals surface area contributed by atoms with Crippen LogP contribution >= 0.6 is 0 Å². The second-order valence-electron chi connectivity index (χ2n) is 10.0. The van der Waals surface area contributed by atoms with E-state index < -0.39 is 21.5 Å². The SMILES string of the molecule is CCOC(=O)Cc1cccc(OC)c1OCc1cc(-c2ccnc(CN[S@@](=O)C(C)(C)C)c2F)c2occc2c1. The van der Waals surface area contributed by atoms with Crippen LogP contribution in [0.1, 0.15) is 44.5 Å². The Hall–Kier alpha value is -3.76. The lowest BCUT2D eigenvalue weighted by molar-refractivity contribution is -0.142. The zero-order chi connectivity index (χ0) is 28.9. The van der Waals surface area contributed by atoms with Crippen molar-refractivity contribution in [3.63, 3.8) is 0 Å². The first kappa shape index (κ1) is 29.2. The summed E-state index contributed by atoms with van der Waals surface area (Å²) in [6.07, 6.45) is 3.10. The topological polar surface area (TPSA) is 99.9 Å². The van der Waals surface area contributed by atoms with E-state index in [1.165, 1.54) is 13.3 Å². The molecule has 2 aromatic carbocycles. The van der Waals surface area contributed by atoms with Gasteiger partial charge >= 0.3 is 5.97 Å². The van der Waals surface area contributed by atoms with Gasteiger partial charge in [0.25, 0.3) is 0 Å². The molecule has 4 rings (SSSR count). The van der Waals surface area contributed by atoms with Gasteiger partial charge in [-0.1, -0.05) is 12.1 Å². The van der Waals surface area contributed by atoms with Gasteiger partial charge in [0.1, 0.15) is 12.2 Å². The Labute approximate surface area is 235 Å². The van der Waals surface area contributed by atoms with Gasteiger partial charge in [-0.25, -0.2) is 13.3 Å². The lowest BCUT2D eigenvalue weighted by Crippen LogP contribution is -2.33. The number of pyridine rings is 1. The third kappa shape index (κ3) is 6.68. The molecule has 1 N–H and O–H groups in total. The molecule has 0 unspecified atom stereocenters. The molecule has 0 saturated carbocycles. The van der Waals surface area contributed by atoms with Crippen LogP contribution in [0, 0.1) is 5.82 Å². The number of fused-ring (bicyclic) bond motifs is 1. The van der Waals surface area contributed by atoms with Crippen LogP contribution < -0.4 is 14.2 Å². The molecule has 0 aliphatic heterocycles. The van der Waals surface area contributed by atoms with Crippen molar-refractivity contribution >= 4 is 27.9 Å². The minimum Gasteiger partial charge on any atom is -0.493 e. The molecule has 0 amide bonds. The van der Waals surface area contributed by atoms with Gasteiger partial charge in [0.15, 0.2) is 17.3 Å². The van der Waals surface area contributed by atoms with Gasteiger partial charge in [-0.3, -0.25) is 9.78 Å². The van der Waals surface area contributed by atoms with Gasteiger partial charge in [0.05, 0.1) is 54.4 Å². The van der Waals surface area contributed by atoms with Crippen molar-refractivity contribution in [1.29, 1.82) is 0 Å². The molecular formula is C30H33FN2O6S.